The number of nitrogen functional groups attached to an aromatic ring is 1. The number of anilines is 2. The molecule has 2 rings (SSSR count). The maximum atomic E-state index is 12.6. The van der Waals surface area contributed by atoms with E-state index >= 15 is 0 Å². The zero-order valence-corrected chi connectivity index (χ0v) is 14.0. The van der Waals surface area contributed by atoms with Crippen molar-refractivity contribution >= 4 is 28.2 Å². The third-order valence-electron chi connectivity index (χ3n) is 3.43. The Balaban J connectivity index is 2.16. The van der Waals surface area contributed by atoms with Crippen LogP contribution in [0.3, 0.4) is 0 Å². The summed E-state index contributed by atoms with van der Waals surface area (Å²) in [6, 6.07) is 0. The molecule has 0 spiro atoms. The van der Waals surface area contributed by atoms with Crippen molar-refractivity contribution in [1.29, 1.82) is 0 Å². The highest BCUT2D eigenvalue weighted by Crippen LogP contribution is 2.30. The van der Waals surface area contributed by atoms with Crippen LogP contribution in [0.5, 0.6) is 0 Å². The Hall–Kier alpha value is -1.34. The number of rotatable bonds is 4. The second-order valence-electron chi connectivity index (χ2n) is 5.97. The quantitative estimate of drug-likeness (QED) is 0.918. The largest absolute Gasteiger partial charge is 0.382 e. The summed E-state index contributed by atoms with van der Waals surface area (Å²) in [5.41, 5.74) is 5.63. The third kappa shape index (κ3) is 3.65. The number of aromatic nitrogens is 1. The molecule has 0 unspecified atom stereocenters. The Morgan fingerprint density at radius 2 is 2.29 bits per heavy atom. The summed E-state index contributed by atoms with van der Waals surface area (Å²) in [6.45, 7) is 8.70. The summed E-state index contributed by atoms with van der Waals surface area (Å²) in [6.07, 6.45) is 1.02. The van der Waals surface area contributed by atoms with Gasteiger partial charge in [-0.1, -0.05) is 18.3 Å². The first-order valence-corrected chi connectivity index (χ1v) is 8.06. The fraction of sp³-hybridized carbons (Fsp3) is 0.714. The standard InChI is InChI=1S/C14H24N4O2S/c1-5-6-17(4)13-16-11(15)10(21-13)12(19)18-7-8-20-14(2,3)9-18/h5-9,15H2,1-4H3. The molecular weight excluding hydrogens is 288 g/mol. The van der Waals surface area contributed by atoms with E-state index < -0.39 is 0 Å². The van der Waals surface area contributed by atoms with Crippen LogP contribution in [-0.4, -0.2) is 54.7 Å². The van der Waals surface area contributed by atoms with E-state index in [0.717, 1.165) is 18.1 Å². The lowest BCUT2D eigenvalue weighted by atomic mass is 10.1. The maximum absolute atomic E-state index is 12.6. The average Bonchev–Trinajstić information content (AvgIpc) is 2.79. The summed E-state index contributed by atoms with van der Waals surface area (Å²) in [5, 5.41) is 0.796. The van der Waals surface area contributed by atoms with Crippen LogP contribution in [0.2, 0.25) is 0 Å². The van der Waals surface area contributed by atoms with Gasteiger partial charge in [-0.2, -0.15) is 0 Å². The van der Waals surface area contributed by atoms with E-state index in [1.54, 1.807) is 4.90 Å². The van der Waals surface area contributed by atoms with Crippen LogP contribution in [0.4, 0.5) is 10.9 Å². The van der Waals surface area contributed by atoms with E-state index in [1.807, 2.05) is 25.8 Å². The molecule has 0 aromatic carbocycles. The first kappa shape index (κ1) is 16.0. The summed E-state index contributed by atoms with van der Waals surface area (Å²) in [5.74, 6) is 0.282. The Morgan fingerprint density at radius 3 is 2.90 bits per heavy atom. The highest BCUT2D eigenvalue weighted by molar-refractivity contribution is 7.18. The summed E-state index contributed by atoms with van der Waals surface area (Å²) < 4.78 is 5.64. The molecule has 1 aromatic rings. The zero-order chi connectivity index (χ0) is 15.6. The normalized spacial score (nSPS) is 17.8. The van der Waals surface area contributed by atoms with Gasteiger partial charge in [0.1, 0.15) is 10.7 Å². The smallest absolute Gasteiger partial charge is 0.268 e. The molecule has 2 N–H and O–H groups in total. The molecule has 1 saturated heterocycles. The van der Waals surface area contributed by atoms with Crippen molar-refractivity contribution in [2.75, 3.05) is 43.9 Å². The van der Waals surface area contributed by atoms with E-state index in [-0.39, 0.29) is 11.5 Å². The van der Waals surface area contributed by atoms with Crippen molar-refractivity contribution in [1.82, 2.24) is 9.88 Å². The van der Waals surface area contributed by atoms with Gasteiger partial charge >= 0.3 is 0 Å². The van der Waals surface area contributed by atoms with E-state index in [9.17, 15) is 4.79 Å². The fourth-order valence-electron chi connectivity index (χ4n) is 2.40. The minimum absolute atomic E-state index is 0.0440. The molecule has 2 heterocycles. The number of hydrogen-bond donors (Lipinski definition) is 1. The summed E-state index contributed by atoms with van der Waals surface area (Å²) in [4.78, 5) is 21.3. The van der Waals surface area contributed by atoms with Crippen molar-refractivity contribution in [3.63, 3.8) is 0 Å². The molecule has 0 aliphatic carbocycles. The number of carbonyl (C=O) groups excluding carboxylic acids is 1. The molecule has 6 nitrogen and oxygen atoms in total. The number of hydrogen-bond acceptors (Lipinski definition) is 6. The van der Waals surface area contributed by atoms with Gasteiger partial charge in [-0.3, -0.25) is 4.79 Å². The Bertz CT molecular complexity index is 515. The first-order valence-electron chi connectivity index (χ1n) is 7.24. The molecule has 7 heteroatoms. The number of nitrogens with two attached hydrogens (primary N) is 1. The van der Waals surface area contributed by atoms with Crippen molar-refractivity contribution in [3.8, 4) is 0 Å². The predicted octanol–water partition coefficient (Wildman–Crippen LogP) is 1.82. The predicted molar refractivity (Wildman–Crippen MR) is 86.0 cm³/mol. The number of carbonyl (C=O) groups is 1. The first-order chi connectivity index (χ1) is 9.84. The van der Waals surface area contributed by atoms with E-state index in [0.29, 0.717) is 30.4 Å². The fourth-order valence-corrected chi connectivity index (χ4v) is 3.34. The SMILES string of the molecule is CCCN(C)c1nc(N)c(C(=O)N2CCOC(C)(C)C2)s1. The molecule has 118 valence electrons. The van der Waals surface area contributed by atoms with Crippen LogP contribution in [0.1, 0.15) is 36.9 Å². The third-order valence-corrected chi connectivity index (χ3v) is 4.61. The van der Waals surface area contributed by atoms with Gasteiger partial charge < -0.3 is 20.3 Å². The van der Waals surface area contributed by atoms with Gasteiger partial charge in [-0.15, -0.1) is 0 Å². The molecule has 0 atom stereocenters. The lowest BCUT2D eigenvalue weighted by Gasteiger charge is -2.37. The van der Waals surface area contributed by atoms with Crippen LogP contribution < -0.4 is 10.6 Å². The topological polar surface area (TPSA) is 71.7 Å². The van der Waals surface area contributed by atoms with Crippen molar-refractivity contribution < 1.29 is 9.53 Å². The van der Waals surface area contributed by atoms with E-state index in [2.05, 4.69) is 11.9 Å². The molecule has 0 bridgehead atoms. The molecule has 21 heavy (non-hydrogen) atoms. The monoisotopic (exact) mass is 312 g/mol. The van der Waals surface area contributed by atoms with Crippen molar-refractivity contribution in [3.05, 3.63) is 4.88 Å². The number of nitrogens with zero attached hydrogens (tertiary/aromatic N) is 3. The number of ether oxygens (including phenoxy) is 1. The highest BCUT2D eigenvalue weighted by Gasteiger charge is 2.32. The van der Waals surface area contributed by atoms with Gasteiger partial charge in [0, 0.05) is 26.7 Å². The molecule has 1 aliphatic heterocycles. The molecular formula is C14H24N4O2S. The number of morpholine rings is 1. The minimum atomic E-state index is -0.310. The molecule has 1 fully saturated rings. The Labute approximate surface area is 129 Å². The minimum Gasteiger partial charge on any atom is -0.382 e. The van der Waals surface area contributed by atoms with Crippen LogP contribution in [0.25, 0.3) is 0 Å². The van der Waals surface area contributed by atoms with Crippen LogP contribution in [0.15, 0.2) is 0 Å². The van der Waals surface area contributed by atoms with Gasteiger partial charge in [0.15, 0.2) is 5.13 Å². The van der Waals surface area contributed by atoms with E-state index in [1.165, 1.54) is 11.3 Å². The second kappa shape index (κ2) is 6.19. The van der Waals surface area contributed by atoms with Gasteiger partial charge in [0.2, 0.25) is 0 Å². The average molecular weight is 312 g/mol. The highest BCUT2D eigenvalue weighted by atomic mass is 32.1. The van der Waals surface area contributed by atoms with Gasteiger partial charge in [-0.05, 0) is 20.3 Å². The molecule has 0 radical (unpaired) electrons. The van der Waals surface area contributed by atoms with Gasteiger partial charge in [-0.25, -0.2) is 4.98 Å². The summed E-state index contributed by atoms with van der Waals surface area (Å²) in [7, 11) is 1.97. The van der Waals surface area contributed by atoms with Crippen molar-refractivity contribution in [2.45, 2.75) is 32.8 Å². The lowest BCUT2D eigenvalue weighted by molar-refractivity contribution is -0.0762. The Morgan fingerprint density at radius 1 is 1.57 bits per heavy atom. The van der Waals surface area contributed by atoms with Crippen LogP contribution >= 0.6 is 11.3 Å². The van der Waals surface area contributed by atoms with Crippen molar-refractivity contribution in [2.24, 2.45) is 0 Å². The van der Waals surface area contributed by atoms with Crippen LogP contribution in [0, 0.1) is 0 Å². The molecule has 0 saturated carbocycles. The Kier molecular flexibility index (Phi) is 4.73. The molecule has 1 amide bonds. The molecule has 1 aromatic heterocycles. The van der Waals surface area contributed by atoms with Gasteiger partial charge in [0.05, 0.1) is 12.2 Å². The maximum Gasteiger partial charge on any atom is 0.268 e. The zero-order valence-electron chi connectivity index (χ0n) is 13.2. The molecule has 1 aliphatic rings. The van der Waals surface area contributed by atoms with E-state index in [4.69, 9.17) is 10.5 Å². The number of amides is 1. The second-order valence-corrected chi connectivity index (χ2v) is 6.94. The summed E-state index contributed by atoms with van der Waals surface area (Å²) >= 11 is 1.37. The van der Waals surface area contributed by atoms with Crippen LogP contribution in [-0.2, 0) is 4.74 Å². The van der Waals surface area contributed by atoms with Gasteiger partial charge in [0.25, 0.3) is 5.91 Å². The lowest BCUT2D eigenvalue weighted by Crippen LogP contribution is -2.50. The number of thiazole rings is 1.